The van der Waals surface area contributed by atoms with Gasteiger partial charge in [-0.05, 0) is 12.1 Å². The van der Waals surface area contributed by atoms with Crippen LogP contribution in [0.15, 0.2) is 35.6 Å². The first-order valence-electron chi connectivity index (χ1n) is 5.78. The van der Waals surface area contributed by atoms with E-state index >= 15 is 0 Å². The van der Waals surface area contributed by atoms with Crippen LogP contribution in [0.3, 0.4) is 0 Å². The molecule has 0 aliphatic heterocycles. The molecular formula is C12H11N5O4. The molecule has 0 spiro atoms. The van der Waals surface area contributed by atoms with Gasteiger partial charge >= 0.3 is 5.69 Å². The van der Waals surface area contributed by atoms with E-state index in [2.05, 4.69) is 15.6 Å². The summed E-state index contributed by atoms with van der Waals surface area (Å²) in [5.74, 6) is -0.812. The molecule has 1 aromatic heterocycles. The Balaban J connectivity index is 2.12. The molecule has 0 radical (unpaired) electrons. The summed E-state index contributed by atoms with van der Waals surface area (Å²) in [6, 6.07) is 6.38. The van der Waals surface area contributed by atoms with E-state index in [0.717, 1.165) is 6.20 Å². The number of hydrogen-bond acceptors (Lipinski definition) is 6. The SMILES string of the molecule is Cn1cc([N+](=O)[O-])c(C(=O)N/N=C\c2ccccc2O)n1. The van der Waals surface area contributed by atoms with Crippen LogP contribution in [0.4, 0.5) is 5.69 Å². The molecule has 0 saturated carbocycles. The van der Waals surface area contributed by atoms with Gasteiger partial charge < -0.3 is 5.11 Å². The Hall–Kier alpha value is -3.23. The topological polar surface area (TPSA) is 123 Å². The zero-order valence-corrected chi connectivity index (χ0v) is 10.9. The molecule has 21 heavy (non-hydrogen) atoms. The van der Waals surface area contributed by atoms with Crippen LogP contribution < -0.4 is 5.43 Å². The first-order valence-corrected chi connectivity index (χ1v) is 5.78. The maximum absolute atomic E-state index is 11.8. The Labute approximate surface area is 118 Å². The van der Waals surface area contributed by atoms with Crippen LogP contribution in [-0.4, -0.2) is 31.9 Å². The summed E-state index contributed by atoms with van der Waals surface area (Å²) in [6.07, 6.45) is 2.35. The lowest BCUT2D eigenvalue weighted by atomic mass is 10.2. The lowest BCUT2D eigenvalue weighted by molar-refractivity contribution is -0.385. The Kier molecular flexibility index (Phi) is 3.93. The fourth-order valence-electron chi connectivity index (χ4n) is 1.58. The monoisotopic (exact) mass is 289 g/mol. The largest absolute Gasteiger partial charge is 0.507 e. The number of phenolic OH excluding ortho intramolecular Hbond substituents is 1. The summed E-state index contributed by atoms with van der Waals surface area (Å²) < 4.78 is 1.17. The van der Waals surface area contributed by atoms with Crippen LogP contribution in [0, 0.1) is 10.1 Å². The Morgan fingerprint density at radius 3 is 2.90 bits per heavy atom. The van der Waals surface area contributed by atoms with Crippen molar-refractivity contribution in [3.8, 4) is 5.75 Å². The first kappa shape index (κ1) is 14.2. The average molecular weight is 289 g/mol. The van der Waals surface area contributed by atoms with E-state index in [9.17, 15) is 20.0 Å². The third-order valence-corrected chi connectivity index (χ3v) is 2.53. The van der Waals surface area contributed by atoms with Crippen LogP contribution in [0.5, 0.6) is 5.75 Å². The maximum atomic E-state index is 11.8. The molecule has 108 valence electrons. The summed E-state index contributed by atoms with van der Waals surface area (Å²) in [5, 5.41) is 27.6. The number of rotatable bonds is 4. The van der Waals surface area contributed by atoms with Gasteiger partial charge in [0.05, 0.1) is 11.1 Å². The predicted molar refractivity (Wildman–Crippen MR) is 73.0 cm³/mol. The van der Waals surface area contributed by atoms with Gasteiger partial charge in [-0.1, -0.05) is 12.1 Å². The number of hydrogen-bond donors (Lipinski definition) is 2. The van der Waals surface area contributed by atoms with Gasteiger partial charge in [0.25, 0.3) is 5.91 Å². The summed E-state index contributed by atoms with van der Waals surface area (Å²) in [5.41, 5.74) is 1.77. The van der Waals surface area contributed by atoms with Crippen molar-refractivity contribution in [2.24, 2.45) is 12.1 Å². The van der Waals surface area contributed by atoms with Gasteiger partial charge in [0.1, 0.15) is 11.9 Å². The number of para-hydroxylation sites is 1. The van der Waals surface area contributed by atoms with Gasteiger partial charge in [0.15, 0.2) is 0 Å². The highest BCUT2D eigenvalue weighted by atomic mass is 16.6. The van der Waals surface area contributed by atoms with Crippen LogP contribution in [0.1, 0.15) is 16.1 Å². The number of amides is 1. The third-order valence-electron chi connectivity index (χ3n) is 2.53. The van der Waals surface area contributed by atoms with Crippen molar-refractivity contribution in [2.45, 2.75) is 0 Å². The van der Waals surface area contributed by atoms with E-state index in [1.165, 1.54) is 24.0 Å². The fourth-order valence-corrected chi connectivity index (χ4v) is 1.58. The molecule has 1 heterocycles. The average Bonchev–Trinajstić information content (AvgIpc) is 2.83. The second kappa shape index (κ2) is 5.82. The quantitative estimate of drug-likeness (QED) is 0.489. The molecule has 0 atom stereocenters. The molecule has 1 amide bonds. The molecule has 2 rings (SSSR count). The highest BCUT2D eigenvalue weighted by molar-refractivity contribution is 5.96. The van der Waals surface area contributed by atoms with Crippen LogP contribution in [-0.2, 0) is 7.05 Å². The first-order chi connectivity index (χ1) is 9.99. The van der Waals surface area contributed by atoms with Crippen LogP contribution in [0.25, 0.3) is 0 Å². The molecule has 9 nitrogen and oxygen atoms in total. The van der Waals surface area contributed by atoms with E-state index in [4.69, 9.17) is 0 Å². The second-order valence-corrected chi connectivity index (χ2v) is 4.05. The number of nitro groups is 1. The lowest BCUT2D eigenvalue weighted by Gasteiger charge is -1.98. The van der Waals surface area contributed by atoms with Crippen LogP contribution >= 0.6 is 0 Å². The zero-order valence-electron chi connectivity index (χ0n) is 10.9. The second-order valence-electron chi connectivity index (χ2n) is 4.05. The van der Waals surface area contributed by atoms with Crippen molar-refractivity contribution in [1.29, 1.82) is 0 Å². The highest BCUT2D eigenvalue weighted by Crippen LogP contribution is 2.16. The highest BCUT2D eigenvalue weighted by Gasteiger charge is 2.24. The Morgan fingerprint density at radius 2 is 2.24 bits per heavy atom. The standard InChI is InChI=1S/C12H11N5O4/c1-16-7-9(17(20)21)11(15-16)12(19)14-13-6-8-4-2-3-5-10(8)18/h2-7,18H,1H3,(H,14,19)/b13-6-. The molecule has 9 heteroatoms. The minimum absolute atomic E-state index is 0.000634. The van der Waals surface area contributed by atoms with Gasteiger partial charge in [-0.3, -0.25) is 19.6 Å². The predicted octanol–water partition coefficient (Wildman–Crippen LogP) is 0.798. The molecule has 0 saturated heterocycles. The molecule has 0 fully saturated rings. The number of aromatic nitrogens is 2. The fraction of sp³-hybridized carbons (Fsp3) is 0.0833. The number of aromatic hydroxyl groups is 1. The molecule has 0 unspecified atom stereocenters. The summed E-state index contributed by atoms with van der Waals surface area (Å²) in [7, 11) is 1.47. The van der Waals surface area contributed by atoms with E-state index < -0.39 is 16.5 Å². The van der Waals surface area contributed by atoms with Crippen molar-refractivity contribution in [3.05, 3.63) is 51.8 Å². The van der Waals surface area contributed by atoms with E-state index in [1.54, 1.807) is 18.2 Å². The maximum Gasteiger partial charge on any atom is 0.320 e. The minimum atomic E-state index is -0.811. The number of carbonyl (C=O) groups excluding carboxylic acids is 1. The molecule has 2 N–H and O–H groups in total. The molecule has 1 aromatic carbocycles. The van der Waals surface area contributed by atoms with E-state index in [0.29, 0.717) is 5.56 Å². The zero-order chi connectivity index (χ0) is 15.4. The lowest BCUT2D eigenvalue weighted by Crippen LogP contribution is -2.19. The molecule has 0 aliphatic rings. The number of hydrazone groups is 1. The van der Waals surface area contributed by atoms with Gasteiger partial charge in [-0.15, -0.1) is 0 Å². The van der Waals surface area contributed by atoms with Gasteiger partial charge in [0, 0.05) is 12.6 Å². The van der Waals surface area contributed by atoms with Gasteiger partial charge in [0.2, 0.25) is 5.69 Å². The van der Waals surface area contributed by atoms with Crippen LogP contribution in [0.2, 0.25) is 0 Å². The summed E-state index contributed by atoms with van der Waals surface area (Å²) in [4.78, 5) is 21.9. The van der Waals surface area contributed by atoms with Gasteiger partial charge in [-0.2, -0.15) is 10.2 Å². The molecule has 0 bridgehead atoms. The Morgan fingerprint density at radius 1 is 1.52 bits per heavy atom. The van der Waals surface area contributed by atoms with Crippen molar-refractivity contribution in [1.82, 2.24) is 15.2 Å². The van der Waals surface area contributed by atoms with Gasteiger partial charge in [-0.25, -0.2) is 5.43 Å². The molecule has 0 aliphatic carbocycles. The third kappa shape index (κ3) is 3.21. The van der Waals surface area contributed by atoms with Crippen molar-refractivity contribution in [2.75, 3.05) is 0 Å². The number of aryl methyl sites for hydroxylation is 1. The number of benzene rings is 1. The number of nitrogens with zero attached hydrogens (tertiary/aromatic N) is 4. The van der Waals surface area contributed by atoms with Crippen molar-refractivity contribution < 1.29 is 14.8 Å². The molecular weight excluding hydrogens is 278 g/mol. The number of nitrogens with one attached hydrogen (secondary N) is 1. The number of phenols is 1. The Bertz CT molecular complexity index is 722. The smallest absolute Gasteiger partial charge is 0.320 e. The van der Waals surface area contributed by atoms with E-state index in [1.807, 2.05) is 0 Å². The van der Waals surface area contributed by atoms with Crippen molar-refractivity contribution >= 4 is 17.8 Å². The minimum Gasteiger partial charge on any atom is -0.507 e. The normalized spacial score (nSPS) is 10.7. The summed E-state index contributed by atoms with van der Waals surface area (Å²) in [6.45, 7) is 0. The summed E-state index contributed by atoms with van der Waals surface area (Å²) >= 11 is 0. The molecule has 2 aromatic rings. The van der Waals surface area contributed by atoms with E-state index in [-0.39, 0.29) is 11.4 Å². The number of carbonyl (C=O) groups is 1. The van der Waals surface area contributed by atoms with Crippen molar-refractivity contribution in [3.63, 3.8) is 0 Å².